The van der Waals surface area contributed by atoms with Crippen molar-refractivity contribution in [3.05, 3.63) is 11.9 Å². The Balaban J connectivity index is 2.64. The Bertz CT molecular complexity index is 355. The lowest BCUT2D eigenvalue weighted by Crippen LogP contribution is -2.10. The van der Waals surface area contributed by atoms with E-state index in [1.807, 2.05) is 18.8 Å². The van der Waals surface area contributed by atoms with Gasteiger partial charge in [0.1, 0.15) is 18.0 Å². The molecule has 0 bridgehead atoms. The molecule has 5 heteroatoms. The van der Waals surface area contributed by atoms with E-state index >= 15 is 0 Å². The van der Waals surface area contributed by atoms with Crippen molar-refractivity contribution >= 4 is 23.4 Å². The highest BCUT2D eigenvalue weighted by Crippen LogP contribution is 2.27. The van der Waals surface area contributed by atoms with Gasteiger partial charge in [-0.25, -0.2) is 9.97 Å². The van der Waals surface area contributed by atoms with Crippen molar-refractivity contribution in [2.24, 2.45) is 0 Å². The normalized spacial score (nSPS) is 10.7. The molecule has 0 fully saturated rings. The molecular formula is C13H24N4S. The van der Waals surface area contributed by atoms with Gasteiger partial charge >= 0.3 is 0 Å². The standard InChI is InChI=1S/C13H24N4S/c1-10(2)11-12(14-3)16-9-17-13(11)15-7-5-6-8-18-4/h9-10H,5-8H2,1-4H3,(H2,14,15,16,17). The monoisotopic (exact) mass is 268 g/mol. The molecule has 0 atom stereocenters. The maximum Gasteiger partial charge on any atom is 0.134 e. The quantitative estimate of drug-likeness (QED) is 0.709. The topological polar surface area (TPSA) is 49.8 Å². The SMILES string of the molecule is CNc1ncnc(NCCCCSC)c1C(C)C. The second-order valence-electron chi connectivity index (χ2n) is 4.52. The minimum atomic E-state index is 0.405. The lowest BCUT2D eigenvalue weighted by Gasteiger charge is -2.16. The van der Waals surface area contributed by atoms with Crippen LogP contribution in [0.25, 0.3) is 0 Å². The van der Waals surface area contributed by atoms with Crippen LogP contribution in [0.2, 0.25) is 0 Å². The van der Waals surface area contributed by atoms with Crippen LogP contribution in [-0.2, 0) is 0 Å². The minimum Gasteiger partial charge on any atom is -0.373 e. The zero-order chi connectivity index (χ0) is 13.4. The predicted molar refractivity (Wildman–Crippen MR) is 81.8 cm³/mol. The summed E-state index contributed by atoms with van der Waals surface area (Å²) < 4.78 is 0. The summed E-state index contributed by atoms with van der Waals surface area (Å²) in [6.45, 7) is 5.30. The third-order valence-electron chi connectivity index (χ3n) is 2.77. The van der Waals surface area contributed by atoms with E-state index in [1.54, 1.807) is 6.33 Å². The number of hydrogen-bond donors (Lipinski definition) is 2. The second-order valence-corrected chi connectivity index (χ2v) is 5.50. The zero-order valence-corrected chi connectivity index (χ0v) is 12.6. The van der Waals surface area contributed by atoms with E-state index in [4.69, 9.17) is 0 Å². The lowest BCUT2D eigenvalue weighted by atomic mass is 10.0. The van der Waals surface area contributed by atoms with E-state index in [2.05, 4.69) is 40.7 Å². The van der Waals surface area contributed by atoms with Crippen LogP contribution in [0.15, 0.2) is 6.33 Å². The molecule has 0 saturated carbocycles. The molecule has 0 saturated heterocycles. The van der Waals surface area contributed by atoms with Gasteiger partial charge in [-0.05, 0) is 30.8 Å². The fourth-order valence-electron chi connectivity index (χ4n) is 1.86. The molecular weight excluding hydrogens is 244 g/mol. The summed E-state index contributed by atoms with van der Waals surface area (Å²) in [4.78, 5) is 8.63. The molecule has 0 aliphatic heterocycles. The Labute approximate surface area is 114 Å². The molecule has 2 N–H and O–H groups in total. The molecule has 4 nitrogen and oxygen atoms in total. The molecule has 1 heterocycles. The lowest BCUT2D eigenvalue weighted by molar-refractivity contribution is 0.818. The molecule has 1 aromatic rings. The van der Waals surface area contributed by atoms with E-state index in [0.29, 0.717) is 5.92 Å². The van der Waals surface area contributed by atoms with Gasteiger partial charge in [0.05, 0.1) is 0 Å². The summed E-state index contributed by atoms with van der Waals surface area (Å²) in [5, 5.41) is 6.56. The van der Waals surface area contributed by atoms with Crippen molar-refractivity contribution in [1.82, 2.24) is 9.97 Å². The van der Waals surface area contributed by atoms with Crippen molar-refractivity contribution < 1.29 is 0 Å². The number of thioether (sulfide) groups is 1. The third kappa shape index (κ3) is 4.37. The molecule has 18 heavy (non-hydrogen) atoms. The van der Waals surface area contributed by atoms with E-state index in [0.717, 1.165) is 18.2 Å². The molecule has 0 aliphatic rings. The number of nitrogens with one attached hydrogen (secondary N) is 2. The van der Waals surface area contributed by atoms with Crippen molar-refractivity contribution in [1.29, 1.82) is 0 Å². The van der Waals surface area contributed by atoms with Gasteiger partial charge in [0.25, 0.3) is 0 Å². The summed E-state index contributed by atoms with van der Waals surface area (Å²) >= 11 is 1.90. The zero-order valence-electron chi connectivity index (χ0n) is 11.8. The molecule has 1 aromatic heterocycles. The Kier molecular flexibility index (Phi) is 6.86. The number of aromatic nitrogens is 2. The van der Waals surface area contributed by atoms with Gasteiger partial charge in [-0.3, -0.25) is 0 Å². The number of hydrogen-bond acceptors (Lipinski definition) is 5. The first-order valence-corrected chi connectivity index (χ1v) is 7.85. The van der Waals surface area contributed by atoms with Crippen LogP contribution in [0.3, 0.4) is 0 Å². The van der Waals surface area contributed by atoms with Crippen molar-refractivity contribution in [3.8, 4) is 0 Å². The number of anilines is 2. The van der Waals surface area contributed by atoms with Gasteiger partial charge in [-0.2, -0.15) is 11.8 Å². The molecule has 0 radical (unpaired) electrons. The molecule has 102 valence electrons. The van der Waals surface area contributed by atoms with Crippen LogP contribution in [0.1, 0.15) is 38.2 Å². The summed E-state index contributed by atoms with van der Waals surface area (Å²) in [6, 6.07) is 0. The smallest absolute Gasteiger partial charge is 0.134 e. The molecule has 0 aliphatic carbocycles. The highest BCUT2D eigenvalue weighted by Gasteiger charge is 2.13. The van der Waals surface area contributed by atoms with Crippen LogP contribution in [0, 0.1) is 0 Å². The van der Waals surface area contributed by atoms with E-state index < -0.39 is 0 Å². The maximum absolute atomic E-state index is 4.36. The number of unbranched alkanes of at least 4 members (excludes halogenated alkanes) is 1. The first-order valence-electron chi connectivity index (χ1n) is 6.46. The fourth-order valence-corrected chi connectivity index (χ4v) is 2.35. The Morgan fingerprint density at radius 2 is 1.94 bits per heavy atom. The van der Waals surface area contributed by atoms with Crippen LogP contribution in [0.5, 0.6) is 0 Å². The summed E-state index contributed by atoms with van der Waals surface area (Å²) in [5.41, 5.74) is 1.17. The highest BCUT2D eigenvalue weighted by atomic mass is 32.2. The highest BCUT2D eigenvalue weighted by molar-refractivity contribution is 7.98. The largest absolute Gasteiger partial charge is 0.373 e. The van der Waals surface area contributed by atoms with Gasteiger partial charge in [-0.15, -0.1) is 0 Å². The van der Waals surface area contributed by atoms with Gasteiger partial charge in [0.15, 0.2) is 0 Å². The molecule has 1 rings (SSSR count). The average molecular weight is 268 g/mol. The van der Waals surface area contributed by atoms with E-state index in [9.17, 15) is 0 Å². The average Bonchev–Trinajstić information content (AvgIpc) is 2.37. The second kappa shape index (κ2) is 8.19. The third-order valence-corrected chi connectivity index (χ3v) is 3.46. The summed E-state index contributed by atoms with van der Waals surface area (Å²) in [7, 11) is 1.90. The molecule has 0 amide bonds. The Morgan fingerprint density at radius 1 is 1.22 bits per heavy atom. The van der Waals surface area contributed by atoms with Crippen molar-refractivity contribution in [2.45, 2.75) is 32.6 Å². The van der Waals surface area contributed by atoms with Crippen LogP contribution in [0.4, 0.5) is 11.6 Å². The van der Waals surface area contributed by atoms with Gasteiger partial charge < -0.3 is 10.6 Å². The predicted octanol–water partition coefficient (Wildman–Crippen LogP) is 3.20. The van der Waals surface area contributed by atoms with Crippen molar-refractivity contribution in [2.75, 3.05) is 36.2 Å². The van der Waals surface area contributed by atoms with Crippen LogP contribution < -0.4 is 10.6 Å². The van der Waals surface area contributed by atoms with Gasteiger partial charge in [-0.1, -0.05) is 13.8 Å². The van der Waals surface area contributed by atoms with E-state index in [1.165, 1.54) is 24.2 Å². The number of rotatable bonds is 8. The minimum absolute atomic E-state index is 0.405. The fraction of sp³-hybridized carbons (Fsp3) is 0.692. The number of nitrogens with zero attached hydrogens (tertiary/aromatic N) is 2. The molecule has 0 unspecified atom stereocenters. The molecule has 0 aromatic carbocycles. The van der Waals surface area contributed by atoms with Gasteiger partial charge in [0, 0.05) is 19.2 Å². The molecule has 0 spiro atoms. The summed E-state index contributed by atoms with van der Waals surface area (Å²) in [6.07, 6.45) is 6.18. The van der Waals surface area contributed by atoms with Crippen LogP contribution >= 0.6 is 11.8 Å². The maximum atomic E-state index is 4.36. The van der Waals surface area contributed by atoms with E-state index in [-0.39, 0.29) is 0 Å². The first-order chi connectivity index (χ1) is 8.70. The van der Waals surface area contributed by atoms with Crippen LogP contribution in [-0.4, -0.2) is 35.6 Å². The summed E-state index contributed by atoms with van der Waals surface area (Å²) in [5.74, 6) is 3.52. The Hall–Kier alpha value is -0.970. The van der Waals surface area contributed by atoms with Crippen molar-refractivity contribution in [3.63, 3.8) is 0 Å². The Morgan fingerprint density at radius 3 is 2.56 bits per heavy atom. The first kappa shape index (κ1) is 15.1. The van der Waals surface area contributed by atoms with Gasteiger partial charge in [0.2, 0.25) is 0 Å².